The third-order valence-electron chi connectivity index (χ3n) is 2.87. The normalized spacial score (nSPS) is 10.4. The smallest absolute Gasteiger partial charge is 0.151 e. The van der Waals surface area contributed by atoms with E-state index in [0.29, 0.717) is 5.88 Å². The molecule has 1 aromatic carbocycles. The lowest BCUT2D eigenvalue weighted by Gasteiger charge is -2.20. The van der Waals surface area contributed by atoms with Crippen LogP contribution < -0.4 is 4.90 Å². The Hall–Kier alpha value is -1.61. The lowest BCUT2D eigenvalue weighted by Crippen LogP contribution is -2.13. The molecule has 0 saturated heterocycles. The van der Waals surface area contributed by atoms with Gasteiger partial charge in [-0.2, -0.15) is 0 Å². The molecule has 0 unspecified atom stereocenters. The monoisotopic (exact) mass is 261 g/mol. The van der Waals surface area contributed by atoms with Crippen molar-refractivity contribution >= 4 is 23.1 Å². The van der Waals surface area contributed by atoms with E-state index >= 15 is 0 Å². The molecule has 0 aliphatic rings. The molecule has 4 heteroatoms. The first-order valence-electron chi connectivity index (χ1n) is 5.79. The molecule has 0 N–H and O–H groups in total. The van der Waals surface area contributed by atoms with Gasteiger partial charge in [0, 0.05) is 18.9 Å². The van der Waals surface area contributed by atoms with Gasteiger partial charge in [0.05, 0.1) is 17.8 Å². The fourth-order valence-electron chi connectivity index (χ4n) is 1.93. The van der Waals surface area contributed by atoms with E-state index < -0.39 is 0 Å². The van der Waals surface area contributed by atoms with Gasteiger partial charge in [-0.1, -0.05) is 17.7 Å². The Morgan fingerprint density at radius 3 is 2.67 bits per heavy atom. The second kappa shape index (κ2) is 5.36. The maximum absolute atomic E-state index is 5.78. The second-order valence-electron chi connectivity index (χ2n) is 4.35. The van der Waals surface area contributed by atoms with Crippen LogP contribution in [-0.4, -0.2) is 17.0 Å². The van der Waals surface area contributed by atoms with Crippen LogP contribution in [0.15, 0.2) is 30.6 Å². The third-order valence-corrected chi connectivity index (χ3v) is 3.14. The predicted molar refractivity (Wildman–Crippen MR) is 75.6 cm³/mol. The average molecular weight is 262 g/mol. The van der Waals surface area contributed by atoms with Crippen LogP contribution in [0.2, 0.25) is 0 Å². The first-order valence-corrected chi connectivity index (χ1v) is 6.33. The topological polar surface area (TPSA) is 29.0 Å². The standard InChI is InChI=1S/C14H16ClN3/c1-10-4-5-13(11(2)6-10)18(3)14-9-16-8-12(7-15)17-14/h4-6,8-9H,7H2,1-3H3. The minimum atomic E-state index is 0.377. The van der Waals surface area contributed by atoms with Gasteiger partial charge in [-0.3, -0.25) is 4.98 Å². The zero-order valence-electron chi connectivity index (χ0n) is 10.8. The Balaban J connectivity index is 2.37. The molecule has 1 heterocycles. The lowest BCUT2D eigenvalue weighted by molar-refractivity contribution is 1.03. The molecular formula is C14H16ClN3. The summed E-state index contributed by atoms with van der Waals surface area (Å²) in [6, 6.07) is 6.35. The van der Waals surface area contributed by atoms with Gasteiger partial charge in [0.2, 0.25) is 0 Å². The van der Waals surface area contributed by atoms with Gasteiger partial charge >= 0.3 is 0 Å². The van der Waals surface area contributed by atoms with Crippen molar-refractivity contribution in [3.05, 3.63) is 47.4 Å². The predicted octanol–water partition coefficient (Wildman–Crippen LogP) is 3.60. The van der Waals surface area contributed by atoms with E-state index in [0.717, 1.165) is 17.2 Å². The van der Waals surface area contributed by atoms with Crippen LogP contribution in [0.4, 0.5) is 11.5 Å². The minimum absolute atomic E-state index is 0.377. The summed E-state index contributed by atoms with van der Waals surface area (Å²) in [5, 5.41) is 0. The van der Waals surface area contributed by atoms with E-state index in [1.54, 1.807) is 12.4 Å². The van der Waals surface area contributed by atoms with Crippen molar-refractivity contribution in [1.82, 2.24) is 9.97 Å². The summed E-state index contributed by atoms with van der Waals surface area (Å²) in [6.07, 6.45) is 3.43. The van der Waals surface area contributed by atoms with Crippen LogP contribution in [0.25, 0.3) is 0 Å². The molecule has 18 heavy (non-hydrogen) atoms. The average Bonchev–Trinajstić information content (AvgIpc) is 2.38. The van der Waals surface area contributed by atoms with E-state index in [1.807, 2.05) is 11.9 Å². The molecule has 0 saturated carbocycles. The van der Waals surface area contributed by atoms with Crippen molar-refractivity contribution in [3.8, 4) is 0 Å². The van der Waals surface area contributed by atoms with Crippen molar-refractivity contribution in [3.63, 3.8) is 0 Å². The first-order chi connectivity index (χ1) is 8.61. The van der Waals surface area contributed by atoms with Crippen LogP contribution in [0.1, 0.15) is 16.8 Å². The van der Waals surface area contributed by atoms with Crippen molar-refractivity contribution in [2.45, 2.75) is 19.7 Å². The number of nitrogens with zero attached hydrogens (tertiary/aromatic N) is 3. The van der Waals surface area contributed by atoms with Crippen molar-refractivity contribution in [2.24, 2.45) is 0 Å². The highest BCUT2D eigenvalue weighted by molar-refractivity contribution is 6.16. The van der Waals surface area contributed by atoms with Gasteiger partial charge in [0.25, 0.3) is 0 Å². The molecule has 0 spiro atoms. The molecule has 0 fully saturated rings. The Bertz CT molecular complexity index is 554. The summed E-state index contributed by atoms with van der Waals surface area (Å²) in [6.45, 7) is 4.18. The molecule has 2 rings (SSSR count). The number of alkyl halides is 1. The zero-order chi connectivity index (χ0) is 13.1. The highest BCUT2D eigenvalue weighted by Gasteiger charge is 2.09. The lowest BCUT2D eigenvalue weighted by atomic mass is 10.1. The quantitative estimate of drug-likeness (QED) is 0.791. The number of aromatic nitrogens is 2. The summed E-state index contributed by atoms with van der Waals surface area (Å²) in [5.74, 6) is 1.18. The van der Waals surface area contributed by atoms with Gasteiger partial charge in [-0.25, -0.2) is 4.98 Å². The van der Waals surface area contributed by atoms with E-state index in [2.05, 4.69) is 42.0 Å². The molecule has 0 aliphatic heterocycles. The highest BCUT2D eigenvalue weighted by atomic mass is 35.5. The van der Waals surface area contributed by atoms with Crippen molar-refractivity contribution in [1.29, 1.82) is 0 Å². The number of rotatable bonds is 3. The van der Waals surface area contributed by atoms with Crippen LogP contribution in [-0.2, 0) is 5.88 Å². The number of anilines is 2. The molecule has 0 amide bonds. The Labute approximate surface area is 112 Å². The maximum Gasteiger partial charge on any atom is 0.151 e. The van der Waals surface area contributed by atoms with E-state index in [1.165, 1.54) is 11.1 Å². The summed E-state index contributed by atoms with van der Waals surface area (Å²) < 4.78 is 0. The van der Waals surface area contributed by atoms with Crippen molar-refractivity contribution < 1.29 is 0 Å². The van der Waals surface area contributed by atoms with Crippen LogP contribution >= 0.6 is 11.6 Å². The van der Waals surface area contributed by atoms with Crippen LogP contribution in [0, 0.1) is 13.8 Å². The number of halogens is 1. The summed E-state index contributed by atoms with van der Waals surface area (Å²) in [7, 11) is 1.99. The largest absolute Gasteiger partial charge is 0.328 e. The molecule has 0 bridgehead atoms. The molecular weight excluding hydrogens is 246 g/mol. The van der Waals surface area contributed by atoms with Crippen LogP contribution in [0.5, 0.6) is 0 Å². The van der Waals surface area contributed by atoms with Gasteiger partial charge in [-0.05, 0) is 25.5 Å². The third kappa shape index (κ3) is 2.62. The SMILES string of the molecule is Cc1ccc(N(C)c2cncc(CCl)n2)c(C)c1. The molecule has 1 aromatic heterocycles. The van der Waals surface area contributed by atoms with Gasteiger partial charge in [-0.15, -0.1) is 11.6 Å². The molecule has 94 valence electrons. The fraction of sp³-hybridized carbons (Fsp3) is 0.286. The summed E-state index contributed by atoms with van der Waals surface area (Å²) >= 11 is 5.78. The minimum Gasteiger partial charge on any atom is -0.328 e. The number of hydrogen-bond donors (Lipinski definition) is 0. The molecule has 2 aromatic rings. The zero-order valence-corrected chi connectivity index (χ0v) is 11.6. The Kier molecular flexibility index (Phi) is 3.82. The second-order valence-corrected chi connectivity index (χ2v) is 4.62. The molecule has 0 aliphatic carbocycles. The van der Waals surface area contributed by atoms with Crippen LogP contribution in [0.3, 0.4) is 0 Å². The van der Waals surface area contributed by atoms with Crippen molar-refractivity contribution in [2.75, 3.05) is 11.9 Å². The number of aryl methyl sites for hydroxylation is 2. The number of benzene rings is 1. The highest BCUT2D eigenvalue weighted by Crippen LogP contribution is 2.25. The molecule has 3 nitrogen and oxygen atoms in total. The molecule has 0 radical (unpaired) electrons. The van der Waals surface area contributed by atoms with Gasteiger partial charge < -0.3 is 4.90 Å². The fourth-order valence-corrected chi connectivity index (χ4v) is 2.05. The maximum atomic E-state index is 5.78. The Morgan fingerprint density at radius 2 is 2.00 bits per heavy atom. The van der Waals surface area contributed by atoms with E-state index in [4.69, 9.17) is 11.6 Å². The first kappa shape index (κ1) is 12.8. The van der Waals surface area contributed by atoms with E-state index in [-0.39, 0.29) is 0 Å². The van der Waals surface area contributed by atoms with E-state index in [9.17, 15) is 0 Å². The van der Waals surface area contributed by atoms with Gasteiger partial charge in [0.15, 0.2) is 5.82 Å². The Morgan fingerprint density at radius 1 is 1.22 bits per heavy atom. The van der Waals surface area contributed by atoms with Gasteiger partial charge in [0.1, 0.15) is 0 Å². The number of hydrogen-bond acceptors (Lipinski definition) is 3. The molecule has 0 atom stereocenters. The summed E-state index contributed by atoms with van der Waals surface area (Å²) in [4.78, 5) is 10.6. The summed E-state index contributed by atoms with van der Waals surface area (Å²) in [5.41, 5.74) is 4.38.